The molecule has 1 saturated heterocycles. The van der Waals surface area contributed by atoms with Crippen LogP contribution in [-0.4, -0.2) is 43.0 Å². The lowest BCUT2D eigenvalue weighted by molar-refractivity contribution is -0.116. The molecular formula is C31H35N3O. The second-order valence-corrected chi connectivity index (χ2v) is 9.69. The van der Waals surface area contributed by atoms with Crippen LogP contribution in [-0.2, 0) is 17.8 Å². The summed E-state index contributed by atoms with van der Waals surface area (Å²) >= 11 is 0. The lowest BCUT2D eigenvalue weighted by Gasteiger charge is -2.39. The molecule has 1 amide bonds. The fraction of sp³-hybridized carbons (Fsp3) is 0.323. The maximum Gasteiger partial charge on any atom is 0.223 e. The van der Waals surface area contributed by atoms with E-state index in [9.17, 15) is 4.79 Å². The molecule has 0 bridgehead atoms. The van der Waals surface area contributed by atoms with E-state index >= 15 is 0 Å². The average Bonchev–Trinajstić information content (AvgIpc) is 3.32. The van der Waals surface area contributed by atoms with E-state index in [2.05, 4.69) is 101 Å². The summed E-state index contributed by atoms with van der Waals surface area (Å²) in [6.45, 7) is 6.54. The fourth-order valence-electron chi connectivity index (χ4n) is 5.44. The molecule has 3 aromatic rings. The summed E-state index contributed by atoms with van der Waals surface area (Å²) in [5, 5.41) is 0. The molecule has 0 atom stereocenters. The predicted octanol–water partition coefficient (Wildman–Crippen LogP) is 5.78. The van der Waals surface area contributed by atoms with Crippen LogP contribution in [0.5, 0.6) is 0 Å². The minimum atomic E-state index is 0.130. The molecule has 0 radical (unpaired) electrons. The van der Waals surface area contributed by atoms with E-state index in [4.69, 9.17) is 0 Å². The first-order valence-electron chi connectivity index (χ1n) is 12.8. The van der Waals surface area contributed by atoms with Gasteiger partial charge in [-0.15, -0.1) is 0 Å². The normalized spacial score (nSPS) is 16.5. The van der Waals surface area contributed by atoms with Crippen LogP contribution in [0.1, 0.15) is 36.5 Å². The highest BCUT2D eigenvalue weighted by Crippen LogP contribution is 2.34. The number of nitrogens with zero attached hydrogens (tertiary/aromatic N) is 3. The minimum Gasteiger partial charge on any atom is -0.365 e. The molecule has 0 N–H and O–H groups in total. The van der Waals surface area contributed by atoms with Gasteiger partial charge in [-0.05, 0) is 48.1 Å². The Hall–Kier alpha value is -3.37. The molecule has 1 fully saturated rings. The standard InChI is InChI=1S/C31H35N3O/c1-25(35)33-22-16-28-14-15-30(23-31(28)33)34(19-8-13-26-9-4-2-5-10-26)29-17-20-32(21-18-29)24-27-11-6-3-7-12-27/h2-15,23,29H,16-22,24H2,1H3/b13-8+. The first kappa shape index (κ1) is 23.4. The van der Waals surface area contributed by atoms with E-state index in [1.54, 1.807) is 6.92 Å². The molecule has 4 heteroatoms. The van der Waals surface area contributed by atoms with Crippen molar-refractivity contribution in [2.24, 2.45) is 0 Å². The lowest BCUT2D eigenvalue weighted by atomic mass is 10.0. The molecule has 35 heavy (non-hydrogen) atoms. The SMILES string of the molecule is CC(=O)N1CCc2ccc(N(C/C=C/c3ccccc3)C3CCN(Cc4ccccc4)CC3)cc21. The number of benzene rings is 3. The third-order valence-corrected chi connectivity index (χ3v) is 7.34. The zero-order valence-electron chi connectivity index (χ0n) is 20.6. The van der Waals surface area contributed by atoms with Crippen molar-refractivity contribution in [2.75, 3.05) is 36.0 Å². The maximum atomic E-state index is 12.2. The van der Waals surface area contributed by atoms with Crippen molar-refractivity contribution in [2.45, 2.75) is 38.8 Å². The highest BCUT2D eigenvalue weighted by atomic mass is 16.2. The number of fused-ring (bicyclic) bond motifs is 1. The van der Waals surface area contributed by atoms with Gasteiger partial charge < -0.3 is 9.80 Å². The summed E-state index contributed by atoms with van der Waals surface area (Å²) < 4.78 is 0. The third-order valence-electron chi connectivity index (χ3n) is 7.34. The van der Waals surface area contributed by atoms with E-state index in [1.165, 1.54) is 22.4 Å². The minimum absolute atomic E-state index is 0.130. The Morgan fingerprint density at radius 2 is 1.66 bits per heavy atom. The van der Waals surface area contributed by atoms with Crippen molar-refractivity contribution in [1.29, 1.82) is 0 Å². The van der Waals surface area contributed by atoms with Crippen LogP contribution in [0.2, 0.25) is 0 Å². The number of piperidine rings is 1. The molecule has 180 valence electrons. The van der Waals surface area contributed by atoms with Gasteiger partial charge in [-0.3, -0.25) is 9.69 Å². The van der Waals surface area contributed by atoms with Crippen molar-refractivity contribution in [1.82, 2.24) is 4.90 Å². The number of carbonyl (C=O) groups excluding carboxylic acids is 1. The van der Waals surface area contributed by atoms with Crippen molar-refractivity contribution < 1.29 is 4.79 Å². The monoisotopic (exact) mass is 465 g/mol. The maximum absolute atomic E-state index is 12.2. The number of anilines is 2. The third kappa shape index (κ3) is 5.66. The number of likely N-dealkylation sites (tertiary alicyclic amines) is 1. The quantitative estimate of drug-likeness (QED) is 0.443. The van der Waals surface area contributed by atoms with Crippen molar-refractivity contribution in [3.8, 4) is 0 Å². The molecule has 2 aliphatic heterocycles. The van der Waals surface area contributed by atoms with E-state index in [-0.39, 0.29) is 5.91 Å². The van der Waals surface area contributed by atoms with Gasteiger partial charge in [0.2, 0.25) is 5.91 Å². The summed E-state index contributed by atoms with van der Waals surface area (Å²) in [6, 6.07) is 28.5. The largest absolute Gasteiger partial charge is 0.365 e. The van der Waals surface area contributed by atoms with Gasteiger partial charge in [0.15, 0.2) is 0 Å². The molecule has 0 spiro atoms. The zero-order chi connectivity index (χ0) is 24.0. The second-order valence-electron chi connectivity index (χ2n) is 9.69. The average molecular weight is 466 g/mol. The van der Waals surface area contributed by atoms with Gasteiger partial charge in [0.1, 0.15) is 0 Å². The highest BCUT2D eigenvalue weighted by molar-refractivity contribution is 5.94. The van der Waals surface area contributed by atoms with Gasteiger partial charge >= 0.3 is 0 Å². The summed E-state index contributed by atoms with van der Waals surface area (Å²) in [7, 11) is 0. The topological polar surface area (TPSA) is 26.8 Å². The van der Waals surface area contributed by atoms with Crippen LogP contribution in [0.25, 0.3) is 6.08 Å². The molecule has 0 aliphatic carbocycles. The zero-order valence-corrected chi connectivity index (χ0v) is 20.6. The van der Waals surface area contributed by atoms with Gasteiger partial charge in [0.05, 0.1) is 0 Å². The first-order chi connectivity index (χ1) is 17.2. The summed E-state index contributed by atoms with van der Waals surface area (Å²) in [5.41, 5.74) is 6.20. The molecule has 0 aromatic heterocycles. The summed E-state index contributed by atoms with van der Waals surface area (Å²) in [6.07, 6.45) is 7.72. The van der Waals surface area contributed by atoms with E-state index in [1.807, 2.05) is 4.90 Å². The Morgan fingerprint density at radius 1 is 0.943 bits per heavy atom. The van der Waals surface area contributed by atoms with Gasteiger partial charge in [-0.1, -0.05) is 78.9 Å². The predicted molar refractivity (Wildman–Crippen MR) is 146 cm³/mol. The van der Waals surface area contributed by atoms with Crippen LogP contribution in [0.3, 0.4) is 0 Å². The Bertz CT molecular complexity index is 1150. The molecular weight excluding hydrogens is 430 g/mol. The Labute approximate surface area is 209 Å². The van der Waals surface area contributed by atoms with Crippen LogP contribution in [0, 0.1) is 0 Å². The number of rotatable bonds is 7. The van der Waals surface area contributed by atoms with Crippen LogP contribution in [0.15, 0.2) is 84.9 Å². The molecule has 3 aromatic carbocycles. The first-order valence-corrected chi connectivity index (χ1v) is 12.8. The van der Waals surface area contributed by atoms with Gasteiger partial charge in [0, 0.05) is 57.1 Å². The Kier molecular flexibility index (Phi) is 7.29. The number of hydrogen-bond acceptors (Lipinski definition) is 3. The molecule has 2 heterocycles. The van der Waals surface area contributed by atoms with Gasteiger partial charge in [-0.2, -0.15) is 0 Å². The van der Waals surface area contributed by atoms with Crippen LogP contribution in [0.4, 0.5) is 11.4 Å². The lowest BCUT2D eigenvalue weighted by Crippen LogP contribution is -2.45. The van der Waals surface area contributed by atoms with Gasteiger partial charge in [0.25, 0.3) is 0 Å². The number of hydrogen-bond donors (Lipinski definition) is 0. The summed E-state index contributed by atoms with van der Waals surface area (Å²) in [5.74, 6) is 0.130. The fourth-order valence-corrected chi connectivity index (χ4v) is 5.44. The number of carbonyl (C=O) groups is 1. The van der Waals surface area contributed by atoms with E-state index in [0.717, 1.165) is 57.7 Å². The Balaban J connectivity index is 1.33. The summed E-state index contributed by atoms with van der Waals surface area (Å²) in [4.78, 5) is 19.3. The second kappa shape index (κ2) is 10.9. The molecule has 0 unspecified atom stereocenters. The molecule has 2 aliphatic rings. The van der Waals surface area contributed by atoms with Crippen molar-refractivity contribution >= 4 is 23.4 Å². The van der Waals surface area contributed by atoms with Gasteiger partial charge in [-0.25, -0.2) is 0 Å². The van der Waals surface area contributed by atoms with E-state index < -0.39 is 0 Å². The molecule has 4 nitrogen and oxygen atoms in total. The van der Waals surface area contributed by atoms with Crippen LogP contribution >= 0.6 is 0 Å². The smallest absolute Gasteiger partial charge is 0.223 e. The van der Waals surface area contributed by atoms with Crippen molar-refractivity contribution in [3.63, 3.8) is 0 Å². The van der Waals surface area contributed by atoms with Crippen molar-refractivity contribution in [3.05, 3.63) is 102 Å². The highest BCUT2D eigenvalue weighted by Gasteiger charge is 2.27. The molecule has 5 rings (SSSR count). The van der Waals surface area contributed by atoms with E-state index in [0.29, 0.717) is 6.04 Å². The molecule has 0 saturated carbocycles. The van der Waals surface area contributed by atoms with Crippen LogP contribution < -0.4 is 9.80 Å². The Morgan fingerprint density at radius 3 is 2.37 bits per heavy atom. The number of amides is 1.